The van der Waals surface area contributed by atoms with Crippen LogP contribution in [0.15, 0.2) is 12.2 Å². The van der Waals surface area contributed by atoms with E-state index in [4.69, 9.17) is 5.11 Å². The number of hydrogen-bond acceptors (Lipinski definition) is 1. The summed E-state index contributed by atoms with van der Waals surface area (Å²) in [6.07, 6.45) is 5.86. The van der Waals surface area contributed by atoms with Gasteiger partial charge in [0.1, 0.15) is 5.01 Å². The van der Waals surface area contributed by atoms with Gasteiger partial charge in [-0.15, -0.1) is 0 Å². The first kappa shape index (κ1) is 8.18. The second kappa shape index (κ2) is 5.32. The Labute approximate surface area is 58.5 Å². The standard InChI is InChI=1S/C6H11BrO/c1-2-3-4-5-6(7)8/h4-6,8H,2-3H2,1H3. The Morgan fingerprint density at radius 3 is 2.75 bits per heavy atom. The number of aliphatic hydroxyl groups is 1. The molecular formula is C6H11BrO. The van der Waals surface area contributed by atoms with Crippen LogP contribution in [0.25, 0.3) is 0 Å². The number of rotatable bonds is 3. The van der Waals surface area contributed by atoms with E-state index in [1.165, 1.54) is 0 Å². The summed E-state index contributed by atoms with van der Waals surface area (Å²) in [7, 11) is 0. The topological polar surface area (TPSA) is 20.2 Å². The van der Waals surface area contributed by atoms with Gasteiger partial charge in [0.25, 0.3) is 0 Å². The molecule has 0 aromatic rings. The number of allylic oxidation sites excluding steroid dienone is 1. The van der Waals surface area contributed by atoms with Crippen LogP contribution >= 0.6 is 15.9 Å². The van der Waals surface area contributed by atoms with Gasteiger partial charge in [-0.25, -0.2) is 0 Å². The van der Waals surface area contributed by atoms with Crippen molar-refractivity contribution in [1.82, 2.24) is 0 Å². The van der Waals surface area contributed by atoms with E-state index < -0.39 is 5.01 Å². The summed E-state index contributed by atoms with van der Waals surface area (Å²) in [5.41, 5.74) is 0. The van der Waals surface area contributed by atoms with Crippen molar-refractivity contribution in [2.24, 2.45) is 0 Å². The van der Waals surface area contributed by atoms with Crippen molar-refractivity contribution in [3.05, 3.63) is 12.2 Å². The van der Waals surface area contributed by atoms with Gasteiger partial charge < -0.3 is 5.11 Å². The number of aliphatic hydroxyl groups excluding tert-OH is 1. The van der Waals surface area contributed by atoms with E-state index in [1.54, 1.807) is 6.08 Å². The lowest BCUT2D eigenvalue weighted by molar-refractivity contribution is 0.316. The van der Waals surface area contributed by atoms with E-state index in [0.29, 0.717) is 0 Å². The zero-order valence-electron chi connectivity index (χ0n) is 4.97. The lowest BCUT2D eigenvalue weighted by Crippen LogP contribution is -1.84. The van der Waals surface area contributed by atoms with Gasteiger partial charge in [-0.05, 0) is 12.5 Å². The van der Waals surface area contributed by atoms with E-state index in [9.17, 15) is 0 Å². The lowest BCUT2D eigenvalue weighted by Gasteiger charge is -1.88. The maximum Gasteiger partial charge on any atom is 0.127 e. The van der Waals surface area contributed by atoms with Crippen molar-refractivity contribution < 1.29 is 5.11 Å². The van der Waals surface area contributed by atoms with Gasteiger partial charge in [0.2, 0.25) is 0 Å². The summed E-state index contributed by atoms with van der Waals surface area (Å²) in [5.74, 6) is 0. The molecule has 0 heterocycles. The van der Waals surface area contributed by atoms with Crippen LogP contribution in [0, 0.1) is 0 Å². The molecule has 1 atom stereocenters. The zero-order chi connectivity index (χ0) is 6.41. The van der Waals surface area contributed by atoms with Crippen molar-refractivity contribution in [1.29, 1.82) is 0 Å². The highest BCUT2D eigenvalue weighted by Crippen LogP contribution is 1.97. The summed E-state index contributed by atoms with van der Waals surface area (Å²) in [6, 6.07) is 0. The van der Waals surface area contributed by atoms with Gasteiger partial charge in [0, 0.05) is 0 Å². The van der Waals surface area contributed by atoms with Gasteiger partial charge in [0.15, 0.2) is 0 Å². The van der Waals surface area contributed by atoms with E-state index >= 15 is 0 Å². The first-order chi connectivity index (χ1) is 3.77. The molecule has 0 radical (unpaired) electrons. The molecule has 0 rings (SSSR count). The van der Waals surface area contributed by atoms with Crippen molar-refractivity contribution in [2.45, 2.75) is 24.8 Å². The molecule has 0 aliphatic heterocycles. The zero-order valence-corrected chi connectivity index (χ0v) is 6.56. The van der Waals surface area contributed by atoms with E-state index in [-0.39, 0.29) is 0 Å². The van der Waals surface area contributed by atoms with Crippen LogP contribution in [0.3, 0.4) is 0 Å². The molecule has 1 N–H and O–H groups in total. The Morgan fingerprint density at radius 1 is 1.75 bits per heavy atom. The second-order valence-corrected chi connectivity index (χ2v) is 2.53. The number of hydrogen-bond donors (Lipinski definition) is 1. The highest BCUT2D eigenvalue weighted by molar-refractivity contribution is 9.09. The predicted molar refractivity (Wildman–Crippen MR) is 39.0 cm³/mol. The van der Waals surface area contributed by atoms with Crippen LogP contribution in [0.4, 0.5) is 0 Å². The molecule has 0 spiro atoms. The van der Waals surface area contributed by atoms with Crippen LogP contribution in [0.2, 0.25) is 0 Å². The highest BCUT2D eigenvalue weighted by atomic mass is 79.9. The fraction of sp³-hybridized carbons (Fsp3) is 0.667. The molecule has 0 aliphatic carbocycles. The van der Waals surface area contributed by atoms with Gasteiger partial charge >= 0.3 is 0 Å². The Hall–Kier alpha value is 0.180. The number of alkyl halides is 1. The Balaban J connectivity index is 3.07. The molecule has 2 heteroatoms. The molecule has 1 nitrogen and oxygen atoms in total. The van der Waals surface area contributed by atoms with Gasteiger partial charge in [0.05, 0.1) is 0 Å². The molecule has 0 bridgehead atoms. The van der Waals surface area contributed by atoms with E-state index in [1.807, 2.05) is 6.08 Å². The first-order valence-electron chi connectivity index (χ1n) is 2.76. The molecule has 48 valence electrons. The first-order valence-corrected chi connectivity index (χ1v) is 3.67. The average molecular weight is 179 g/mol. The van der Waals surface area contributed by atoms with Crippen molar-refractivity contribution in [3.8, 4) is 0 Å². The Kier molecular flexibility index (Phi) is 5.44. The minimum atomic E-state index is -0.464. The van der Waals surface area contributed by atoms with Gasteiger partial charge in [-0.1, -0.05) is 35.4 Å². The Morgan fingerprint density at radius 2 is 2.38 bits per heavy atom. The molecule has 0 aromatic carbocycles. The summed E-state index contributed by atoms with van der Waals surface area (Å²) in [4.78, 5) is 0. The molecule has 0 saturated carbocycles. The quantitative estimate of drug-likeness (QED) is 0.519. The summed E-state index contributed by atoms with van der Waals surface area (Å²) in [6.45, 7) is 2.10. The molecule has 0 amide bonds. The van der Waals surface area contributed by atoms with Crippen LogP contribution in [-0.2, 0) is 0 Å². The minimum absolute atomic E-state index is 0.464. The monoisotopic (exact) mass is 178 g/mol. The van der Waals surface area contributed by atoms with Crippen molar-refractivity contribution in [3.63, 3.8) is 0 Å². The summed E-state index contributed by atoms with van der Waals surface area (Å²) in [5, 5.41) is 8.15. The third-order valence-corrected chi connectivity index (χ3v) is 1.06. The molecule has 0 fully saturated rings. The van der Waals surface area contributed by atoms with Crippen LogP contribution in [0.5, 0.6) is 0 Å². The molecule has 1 unspecified atom stereocenters. The van der Waals surface area contributed by atoms with E-state index in [0.717, 1.165) is 12.8 Å². The van der Waals surface area contributed by atoms with Gasteiger partial charge in [-0.2, -0.15) is 0 Å². The van der Waals surface area contributed by atoms with Crippen LogP contribution < -0.4 is 0 Å². The molecule has 0 aromatic heterocycles. The molecular weight excluding hydrogens is 168 g/mol. The van der Waals surface area contributed by atoms with Gasteiger partial charge in [-0.3, -0.25) is 0 Å². The average Bonchev–Trinajstić information content (AvgIpc) is 1.66. The summed E-state index contributed by atoms with van der Waals surface area (Å²) < 4.78 is 0. The van der Waals surface area contributed by atoms with Crippen molar-refractivity contribution in [2.75, 3.05) is 0 Å². The molecule has 0 aliphatic rings. The largest absolute Gasteiger partial charge is 0.378 e. The Bertz CT molecular complexity index is 68.9. The maximum absolute atomic E-state index is 8.61. The van der Waals surface area contributed by atoms with E-state index in [2.05, 4.69) is 22.9 Å². The number of unbranched alkanes of at least 4 members (excludes halogenated alkanes) is 1. The van der Waals surface area contributed by atoms with Crippen LogP contribution in [-0.4, -0.2) is 10.1 Å². The lowest BCUT2D eigenvalue weighted by atomic mass is 10.3. The summed E-state index contributed by atoms with van der Waals surface area (Å²) >= 11 is 2.97. The third-order valence-electron chi connectivity index (χ3n) is 0.750. The predicted octanol–water partition coefficient (Wildman–Crippen LogP) is 2.06. The van der Waals surface area contributed by atoms with Crippen molar-refractivity contribution >= 4 is 15.9 Å². The fourth-order valence-electron chi connectivity index (χ4n) is 0.375. The highest BCUT2D eigenvalue weighted by Gasteiger charge is 1.83. The fourth-order valence-corrected chi connectivity index (χ4v) is 0.591. The molecule has 8 heavy (non-hydrogen) atoms. The second-order valence-electron chi connectivity index (χ2n) is 1.59. The normalized spacial score (nSPS) is 14.9. The third kappa shape index (κ3) is 6.18. The molecule has 0 saturated heterocycles. The number of halogens is 1. The SMILES string of the molecule is CCCC=CC(O)Br. The maximum atomic E-state index is 8.61. The smallest absolute Gasteiger partial charge is 0.127 e. The minimum Gasteiger partial charge on any atom is -0.378 e. The van der Waals surface area contributed by atoms with Crippen LogP contribution in [0.1, 0.15) is 19.8 Å².